The van der Waals surface area contributed by atoms with E-state index in [1.54, 1.807) is 11.1 Å². The van der Waals surface area contributed by atoms with E-state index in [4.69, 9.17) is 9.47 Å². The molecule has 2 saturated carbocycles. The van der Waals surface area contributed by atoms with Crippen LogP contribution >= 0.6 is 0 Å². The van der Waals surface area contributed by atoms with Crippen LogP contribution in [0.15, 0.2) is 34.4 Å². The predicted octanol–water partition coefficient (Wildman–Crippen LogP) is 6.50. The lowest BCUT2D eigenvalue weighted by Crippen LogP contribution is -2.55. The number of esters is 1. The van der Waals surface area contributed by atoms with Crippen LogP contribution in [-0.4, -0.2) is 29.1 Å². The first kappa shape index (κ1) is 24.0. The van der Waals surface area contributed by atoms with Gasteiger partial charge in [0.05, 0.1) is 12.2 Å². The van der Waals surface area contributed by atoms with Crippen LogP contribution in [0.2, 0.25) is 0 Å². The summed E-state index contributed by atoms with van der Waals surface area (Å²) in [7, 11) is 0. The van der Waals surface area contributed by atoms with Crippen molar-refractivity contribution in [3.63, 3.8) is 0 Å². The predicted molar refractivity (Wildman–Crippen MR) is 136 cm³/mol. The van der Waals surface area contributed by atoms with Crippen molar-refractivity contribution in [1.29, 1.82) is 0 Å². The highest BCUT2D eigenvalue weighted by Crippen LogP contribution is 2.73. The zero-order chi connectivity index (χ0) is 25.3. The summed E-state index contributed by atoms with van der Waals surface area (Å²) in [4.78, 5) is 12.5. The van der Waals surface area contributed by atoms with E-state index >= 15 is 0 Å². The monoisotopic (exact) mass is 480 g/mol. The number of hydrogen-bond donors (Lipinski definition) is 1. The summed E-state index contributed by atoms with van der Waals surface area (Å²) >= 11 is 0. The summed E-state index contributed by atoms with van der Waals surface area (Å²) in [5.74, 6) is 0.193. The van der Waals surface area contributed by atoms with Gasteiger partial charge >= 0.3 is 5.97 Å². The summed E-state index contributed by atoms with van der Waals surface area (Å²) in [6.45, 7) is 18.2. The molecule has 0 bridgehead atoms. The fraction of sp³-hybridized carbons (Fsp3) is 0.774. The van der Waals surface area contributed by atoms with E-state index in [1.165, 1.54) is 0 Å². The van der Waals surface area contributed by atoms with Crippen LogP contribution in [0.5, 0.6) is 0 Å². The Bertz CT molecular complexity index is 1100. The molecule has 0 aromatic heterocycles. The van der Waals surface area contributed by atoms with E-state index in [0.29, 0.717) is 23.3 Å². The summed E-state index contributed by atoms with van der Waals surface area (Å²) in [6, 6.07) is 0. The van der Waals surface area contributed by atoms with E-state index in [2.05, 4.69) is 53.7 Å². The Morgan fingerprint density at radius 1 is 1.03 bits per heavy atom. The Morgan fingerprint density at radius 2 is 1.74 bits per heavy atom. The molecule has 1 spiro atoms. The molecular weight excluding hydrogens is 436 g/mol. The quantitative estimate of drug-likeness (QED) is 0.402. The second-order valence-corrected chi connectivity index (χ2v) is 14.2. The Hall–Kier alpha value is -1.39. The molecule has 1 N–H and O–H groups in total. The Balaban J connectivity index is 1.40. The van der Waals surface area contributed by atoms with Crippen molar-refractivity contribution in [2.45, 2.75) is 112 Å². The molecular formula is C31H44O4. The molecule has 192 valence electrons. The topological polar surface area (TPSA) is 55.8 Å². The number of aliphatic hydroxyl groups is 1. The molecule has 6 aliphatic rings. The minimum atomic E-state index is -0.875. The molecule has 2 aliphatic heterocycles. The molecule has 0 amide bonds. The van der Waals surface area contributed by atoms with Crippen LogP contribution in [0.3, 0.4) is 0 Å². The van der Waals surface area contributed by atoms with Gasteiger partial charge in [-0.3, -0.25) is 0 Å². The summed E-state index contributed by atoms with van der Waals surface area (Å²) < 4.78 is 12.8. The first-order chi connectivity index (χ1) is 16.2. The molecule has 0 aromatic rings. The van der Waals surface area contributed by atoms with Gasteiger partial charge in [0.2, 0.25) is 5.79 Å². The van der Waals surface area contributed by atoms with Gasteiger partial charge in [0.15, 0.2) is 0 Å². The van der Waals surface area contributed by atoms with Crippen LogP contribution in [0.25, 0.3) is 0 Å². The van der Waals surface area contributed by atoms with Gasteiger partial charge in [-0.15, -0.1) is 0 Å². The molecule has 6 rings (SSSR count). The second-order valence-electron chi connectivity index (χ2n) is 14.2. The van der Waals surface area contributed by atoms with Gasteiger partial charge in [0, 0.05) is 23.0 Å². The molecule has 9 atom stereocenters. The Morgan fingerprint density at radius 3 is 2.40 bits per heavy atom. The van der Waals surface area contributed by atoms with Crippen LogP contribution in [-0.2, 0) is 14.3 Å². The standard InChI is InChI=1S/C31H44O4/c1-17-15-31(19(3)18(2)26(33)35-31)34-22-16-30(8)21-9-10-23-27(4,5)24(32)12-13-28(23,6)20(21)11-14-29(30,7)25(17)22/h9,11,17,22-25,32H,10,12-16H2,1-8H3/t17-,22-,23+,24-,25+,28-,29-,30+,31+/m1/s1. The lowest BCUT2D eigenvalue weighted by molar-refractivity contribution is -0.262. The van der Waals surface area contributed by atoms with Crippen molar-refractivity contribution < 1.29 is 19.4 Å². The third-order valence-corrected chi connectivity index (χ3v) is 12.5. The lowest BCUT2D eigenvalue weighted by Gasteiger charge is -2.61. The zero-order valence-corrected chi connectivity index (χ0v) is 23.0. The SMILES string of the molecule is CC1=C(C)[C@]2(C[C@@H](C)[C@H]3[C@@H](C[C@@]4(C)C5=CC[C@H]6C(C)(C)[C@H](O)CC[C@]6(C)C5=CC[C@]34C)O2)OC1=O. The van der Waals surface area contributed by atoms with Gasteiger partial charge in [-0.25, -0.2) is 4.79 Å². The van der Waals surface area contributed by atoms with E-state index < -0.39 is 5.79 Å². The van der Waals surface area contributed by atoms with Gasteiger partial charge in [-0.05, 0) is 91.1 Å². The van der Waals surface area contributed by atoms with Crippen molar-refractivity contribution in [2.24, 2.45) is 39.4 Å². The molecule has 0 unspecified atom stereocenters. The maximum atomic E-state index is 12.5. The smallest absolute Gasteiger partial charge is 0.336 e. The van der Waals surface area contributed by atoms with Crippen LogP contribution in [0.1, 0.15) is 93.9 Å². The molecule has 1 saturated heterocycles. The maximum Gasteiger partial charge on any atom is 0.336 e. The molecule has 4 nitrogen and oxygen atoms in total. The summed E-state index contributed by atoms with van der Waals surface area (Å²) in [5, 5.41) is 10.9. The Labute approximate surface area is 211 Å². The number of carbonyl (C=O) groups is 1. The average Bonchev–Trinajstić information content (AvgIpc) is 3.13. The van der Waals surface area contributed by atoms with E-state index in [-0.39, 0.29) is 39.8 Å². The molecule has 4 heteroatoms. The highest BCUT2D eigenvalue weighted by atomic mass is 16.7. The number of rotatable bonds is 0. The second kappa shape index (κ2) is 6.92. The highest BCUT2D eigenvalue weighted by Gasteiger charge is 2.69. The van der Waals surface area contributed by atoms with Crippen molar-refractivity contribution in [1.82, 2.24) is 0 Å². The van der Waals surface area contributed by atoms with Gasteiger partial charge in [-0.1, -0.05) is 53.7 Å². The number of carbonyl (C=O) groups excluding carboxylic acids is 1. The molecule has 2 heterocycles. The fourth-order valence-corrected chi connectivity index (χ4v) is 10.1. The van der Waals surface area contributed by atoms with Crippen molar-refractivity contribution >= 4 is 5.97 Å². The third-order valence-electron chi connectivity index (χ3n) is 12.5. The number of allylic oxidation sites excluding steroid dienone is 4. The van der Waals surface area contributed by atoms with Crippen LogP contribution in [0, 0.1) is 39.4 Å². The van der Waals surface area contributed by atoms with Crippen molar-refractivity contribution in [3.8, 4) is 0 Å². The first-order valence-corrected chi connectivity index (χ1v) is 13.9. The van der Waals surface area contributed by atoms with Crippen molar-refractivity contribution in [3.05, 3.63) is 34.4 Å². The third kappa shape index (κ3) is 2.69. The summed E-state index contributed by atoms with van der Waals surface area (Å²) in [5.41, 5.74) is 4.92. The van der Waals surface area contributed by atoms with Crippen LogP contribution < -0.4 is 0 Å². The Kier molecular flexibility index (Phi) is 4.74. The van der Waals surface area contributed by atoms with Gasteiger partial charge in [0.1, 0.15) is 0 Å². The van der Waals surface area contributed by atoms with E-state index in [0.717, 1.165) is 44.1 Å². The first-order valence-electron chi connectivity index (χ1n) is 13.9. The number of aliphatic hydroxyl groups excluding tert-OH is 1. The average molecular weight is 481 g/mol. The summed E-state index contributed by atoms with van der Waals surface area (Å²) in [6.07, 6.45) is 10.7. The number of ether oxygens (including phenoxy) is 2. The van der Waals surface area contributed by atoms with Crippen molar-refractivity contribution in [2.75, 3.05) is 0 Å². The fourth-order valence-electron chi connectivity index (χ4n) is 10.1. The normalized spacial score (nSPS) is 52.3. The maximum absolute atomic E-state index is 12.5. The molecule has 0 radical (unpaired) electrons. The highest BCUT2D eigenvalue weighted by molar-refractivity contribution is 5.92. The van der Waals surface area contributed by atoms with Gasteiger partial charge in [0.25, 0.3) is 0 Å². The molecule has 3 fully saturated rings. The minimum absolute atomic E-state index is 0.0235. The number of fused-ring (bicyclic) bond motifs is 7. The molecule has 0 aromatic carbocycles. The molecule has 35 heavy (non-hydrogen) atoms. The minimum Gasteiger partial charge on any atom is -0.426 e. The van der Waals surface area contributed by atoms with E-state index in [9.17, 15) is 9.90 Å². The van der Waals surface area contributed by atoms with Gasteiger partial charge in [-0.2, -0.15) is 0 Å². The van der Waals surface area contributed by atoms with E-state index in [1.807, 2.05) is 13.8 Å². The zero-order valence-electron chi connectivity index (χ0n) is 23.0. The number of hydrogen-bond acceptors (Lipinski definition) is 4. The van der Waals surface area contributed by atoms with Crippen LogP contribution in [0.4, 0.5) is 0 Å². The molecule has 4 aliphatic carbocycles. The lowest BCUT2D eigenvalue weighted by atomic mass is 9.44. The van der Waals surface area contributed by atoms with Gasteiger partial charge < -0.3 is 14.6 Å². The largest absolute Gasteiger partial charge is 0.426 e.